The standard InChI is InChI=1S/C20H27N3O3.2ClH/c1-20(2,3)23-18(24)14-26-19-16(8-5-9-17(19)25-4)13-22-12-15-7-6-10-21-11-15;;/h5-11,22H,12-14H2,1-4H3,(H,23,24);2*1H. The minimum Gasteiger partial charge on any atom is -0.493 e. The summed E-state index contributed by atoms with van der Waals surface area (Å²) in [5.41, 5.74) is 1.73. The van der Waals surface area contributed by atoms with Gasteiger partial charge in [-0.1, -0.05) is 18.2 Å². The fourth-order valence-corrected chi connectivity index (χ4v) is 2.46. The number of nitrogens with zero attached hydrogens (tertiary/aromatic N) is 1. The summed E-state index contributed by atoms with van der Waals surface area (Å²) < 4.78 is 11.2. The van der Waals surface area contributed by atoms with Crippen LogP contribution < -0.4 is 20.1 Å². The van der Waals surface area contributed by atoms with Crippen LogP contribution in [0.1, 0.15) is 31.9 Å². The second-order valence-corrected chi connectivity index (χ2v) is 7.00. The molecular formula is C20H29Cl2N3O3. The molecule has 1 aromatic heterocycles. The van der Waals surface area contributed by atoms with Gasteiger partial charge in [-0.15, -0.1) is 24.8 Å². The lowest BCUT2D eigenvalue weighted by Gasteiger charge is -2.21. The van der Waals surface area contributed by atoms with Gasteiger partial charge in [0.15, 0.2) is 18.1 Å². The number of hydrogen-bond acceptors (Lipinski definition) is 5. The van der Waals surface area contributed by atoms with E-state index in [9.17, 15) is 4.79 Å². The first-order valence-electron chi connectivity index (χ1n) is 8.58. The number of para-hydroxylation sites is 1. The summed E-state index contributed by atoms with van der Waals surface area (Å²) in [6, 6.07) is 9.60. The van der Waals surface area contributed by atoms with Gasteiger partial charge in [0, 0.05) is 36.6 Å². The number of amides is 1. The fourth-order valence-electron chi connectivity index (χ4n) is 2.46. The van der Waals surface area contributed by atoms with Gasteiger partial charge in [0.2, 0.25) is 0 Å². The molecule has 0 atom stereocenters. The van der Waals surface area contributed by atoms with Crippen LogP contribution in [0.25, 0.3) is 0 Å². The number of hydrogen-bond donors (Lipinski definition) is 2. The van der Waals surface area contributed by atoms with Crippen LogP contribution in [0.5, 0.6) is 11.5 Å². The molecule has 0 bridgehead atoms. The number of carbonyl (C=O) groups is 1. The smallest absolute Gasteiger partial charge is 0.258 e. The molecule has 0 aliphatic rings. The third-order valence-electron chi connectivity index (χ3n) is 3.51. The molecule has 1 heterocycles. The van der Waals surface area contributed by atoms with E-state index in [0.717, 1.165) is 11.1 Å². The van der Waals surface area contributed by atoms with Gasteiger partial charge in [0.25, 0.3) is 5.91 Å². The Morgan fingerprint density at radius 2 is 1.86 bits per heavy atom. The van der Waals surface area contributed by atoms with Gasteiger partial charge in [0.1, 0.15) is 0 Å². The number of ether oxygens (including phenoxy) is 2. The fraction of sp³-hybridized carbons (Fsp3) is 0.400. The van der Waals surface area contributed by atoms with E-state index in [4.69, 9.17) is 9.47 Å². The summed E-state index contributed by atoms with van der Waals surface area (Å²) in [5.74, 6) is 1.02. The van der Waals surface area contributed by atoms with Crippen molar-refractivity contribution in [2.75, 3.05) is 13.7 Å². The van der Waals surface area contributed by atoms with Crippen molar-refractivity contribution in [2.45, 2.75) is 39.4 Å². The predicted molar refractivity (Wildman–Crippen MR) is 116 cm³/mol. The van der Waals surface area contributed by atoms with E-state index in [1.54, 1.807) is 13.3 Å². The van der Waals surface area contributed by atoms with Crippen molar-refractivity contribution in [1.29, 1.82) is 0 Å². The summed E-state index contributed by atoms with van der Waals surface area (Å²) >= 11 is 0. The van der Waals surface area contributed by atoms with E-state index in [-0.39, 0.29) is 42.9 Å². The third kappa shape index (κ3) is 8.78. The molecule has 0 aliphatic heterocycles. The monoisotopic (exact) mass is 429 g/mol. The number of benzene rings is 1. The van der Waals surface area contributed by atoms with Crippen LogP contribution in [0.4, 0.5) is 0 Å². The minimum absolute atomic E-state index is 0. The lowest BCUT2D eigenvalue weighted by Crippen LogP contribution is -2.43. The Labute approximate surface area is 179 Å². The molecule has 8 heteroatoms. The third-order valence-corrected chi connectivity index (χ3v) is 3.51. The average Bonchev–Trinajstić information content (AvgIpc) is 2.59. The summed E-state index contributed by atoms with van der Waals surface area (Å²) in [4.78, 5) is 16.1. The molecular weight excluding hydrogens is 401 g/mol. The highest BCUT2D eigenvalue weighted by atomic mass is 35.5. The van der Waals surface area contributed by atoms with Gasteiger partial charge in [-0.05, 0) is 38.5 Å². The molecule has 0 saturated heterocycles. The van der Waals surface area contributed by atoms with Crippen LogP contribution >= 0.6 is 24.8 Å². The second-order valence-electron chi connectivity index (χ2n) is 7.00. The number of halogens is 2. The Morgan fingerprint density at radius 1 is 1.11 bits per heavy atom. The van der Waals surface area contributed by atoms with Crippen LogP contribution in [-0.2, 0) is 17.9 Å². The van der Waals surface area contributed by atoms with E-state index >= 15 is 0 Å². The van der Waals surface area contributed by atoms with E-state index in [2.05, 4.69) is 15.6 Å². The van der Waals surface area contributed by atoms with Gasteiger partial charge < -0.3 is 20.1 Å². The van der Waals surface area contributed by atoms with Crippen LogP contribution in [0.15, 0.2) is 42.7 Å². The highest BCUT2D eigenvalue weighted by Crippen LogP contribution is 2.31. The molecule has 2 aromatic rings. The van der Waals surface area contributed by atoms with Crippen molar-refractivity contribution >= 4 is 30.7 Å². The van der Waals surface area contributed by atoms with Crippen molar-refractivity contribution < 1.29 is 14.3 Å². The van der Waals surface area contributed by atoms with E-state index in [1.807, 2.05) is 57.3 Å². The SMILES string of the molecule is COc1cccc(CNCc2cccnc2)c1OCC(=O)NC(C)(C)C.Cl.Cl. The molecule has 28 heavy (non-hydrogen) atoms. The zero-order chi connectivity index (χ0) is 19.0. The summed E-state index contributed by atoms with van der Waals surface area (Å²) in [7, 11) is 1.59. The average molecular weight is 430 g/mol. The molecule has 156 valence electrons. The molecule has 0 spiro atoms. The molecule has 6 nitrogen and oxygen atoms in total. The van der Waals surface area contributed by atoms with Crippen LogP contribution in [0.2, 0.25) is 0 Å². The van der Waals surface area contributed by atoms with Crippen LogP contribution in [0.3, 0.4) is 0 Å². The maximum absolute atomic E-state index is 12.0. The first-order valence-corrected chi connectivity index (χ1v) is 8.58. The predicted octanol–water partition coefficient (Wildman–Crippen LogP) is 3.52. The maximum Gasteiger partial charge on any atom is 0.258 e. The molecule has 0 fully saturated rings. The number of aromatic nitrogens is 1. The van der Waals surface area contributed by atoms with Gasteiger partial charge in [-0.3, -0.25) is 9.78 Å². The highest BCUT2D eigenvalue weighted by Gasteiger charge is 2.16. The van der Waals surface area contributed by atoms with E-state index in [1.165, 1.54) is 0 Å². The summed E-state index contributed by atoms with van der Waals surface area (Å²) in [5, 5.41) is 6.24. The Morgan fingerprint density at radius 3 is 2.46 bits per heavy atom. The molecule has 2 rings (SSSR count). The second kappa shape index (κ2) is 12.4. The zero-order valence-electron chi connectivity index (χ0n) is 16.7. The molecule has 0 saturated carbocycles. The van der Waals surface area contributed by atoms with Crippen LogP contribution in [-0.4, -0.2) is 30.1 Å². The summed E-state index contributed by atoms with van der Waals surface area (Å²) in [6.45, 7) is 7.01. The van der Waals surface area contributed by atoms with Gasteiger partial charge in [-0.25, -0.2) is 0 Å². The molecule has 0 aliphatic carbocycles. The Kier molecular flexibility index (Phi) is 11.5. The quantitative estimate of drug-likeness (QED) is 0.671. The van der Waals surface area contributed by atoms with Crippen molar-refractivity contribution in [2.24, 2.45) is 0 Å². The van der Waals surface area contributed by atoms with E-state index in [0.29, 0.717) is 24.6 Å². The first-order chi connectivity index (χ1) is 12.4. The number of pyridine rings is 1. The largest absolute Gasteiger partial charge is 0.493 e. The van der Waals surface area contributed by atoms with Gasteiger partial charge in [-0.2, -0.15) is 0 Å². The Bertz CT molecular complexity index is 722. The number of carbonyl (C=O) groups excluding carboxylic acids is 1. The lowest BCUT2D eigenvalue weighted by atomic mass is 10.1. The maximum atomic E-state index is 12.0. The van der Waals surface area contributed by atoms with Crippen molar-refractivity contribution in [3.63, 3.8) is 0 Å². The van der Waals surface area contributed by atoms with E-state index < -0.39 is 0 Å². The normalized spacial score (nSPS) is 10.3. The molecule has 1 aromatic carbocycles. The zero-order valence-corrected chi connectivity index (χ0v) is 18.3. The van der Waals surface area contributed by atoms with Crippen molar-refractivity contribution in [3.05, 3.63) is 53.9 Å². The minimum atomic E-state index is -0.296. The Hall–Kier alpha value is -2.02. The van der Waals surface area contributed by atoms with Crippen LogP contribution in [0, 0.1) is 0 Å². The number of nitrogens with one attached hydrogen (secondary N) is 2. The van der Waals surface area contributed by atoms with Gasteiger partial charge >= 0.3 is 0 Å². The number of rotatable bonds is 8. The topological polar surface area (TPSA) is 72.5 Å². The molecule has 0 unspecified atom stereocenters. The van der Waals surface area contributed by atoms with Crippen molar-refractivity contribution in [1.82, 2.24) is 15.6 Å². The highest BCUT2D eigenvalue weighted by molar-refractivity contribution is 5.85. The van der Waals surface area contributed by atoms with Gasteiger partial charge in [0.05, 0.1) is 7.11 Å². The number of methoxy groups -OCH3 is 1. The van der Waals surface area contributed by atoms with Crippen molar-refractivity contribution in [3.8, 4) is 11.5 Å². The first kappa shape index (κ1) is 26.0. The molecule has 1 amide bonds. The summed E-state index contributed by atoms with van der Waals surface area (Å²) in [6.07, 6.45) is 3.58. The molecule has 2 N–H and O–H groups in total. The Balaban J connectivity index is 0.00000364. The lowest BCUT2D eigenvalue weighted by molar-refractivity contribution is -0.124. The molecule has 0 radical (unpaired) electrons.